The highest BCUT2D eigenvalue weighted by Gasteiger charge is 2.11. The largest absolute Gasteiger partial charge is 0.344 e. The fourth-order valence-corrected chi connectivity index (χ4v) is 1.95. The van der Waals surface area contributed by atoms with Crippen molar-refractivity contribution in [2.75, 3.05) is 20.1 Å². The van der Waals surface area contributed by atoms with Crippen LogP contribution in [-0.2, 0) is 4.79 Å². The van der Waals surface area contributed by atoms with Crippen molar-refractivity contribution in [2.24, 2.45) is 0 Å². The molecule has 0 fully saturated rings. The minimum absolute atomic E-state index is 0.0524. The van der Waals surface area contributed by atoms with Crippen LogP contribution in [0.1, 0.15) is 29.4 Å². The molecule has 0 aliphatic rings. The highest BCUT2D eigenvalue weighted by atomic mass is 32.1. The van der Waals surface area contributed by atoms with E-state index in [0.29, 0.717) is 4.88 Å². The average Bonchev–Trinajstić information content (AvgIpc) is 2.86. The third-order valence-corrected chi connectivity index (χ3v) is 3.29. The lowest BCUT2D eigenvalue weighted by Crippen LogP contribution is -2.38. The summed E-state index contributed by atoms with van der Waals surface area (Å²) in [6.07, 6.45) is 2.04. The molecule has 0 aliphatic heterocycles. The van der Waals surface area contributed by atoms with Gasteiger partial charge in [-0.1, -0.05) is 19.4 Å². The molecular weight excluding hydrogens is 236 g/mol. The van der Waals surface area contributed by atoms with Gasteiger partial charge in [0.1, 0.15) is 0 Å². The minimum Gasteiger partial charge on any atom is -0.344 e. The zero-order valence-electron chi connectivity index (χ0n) is 10.2. The standard InChI is InChI=1S/C12H18N2O2S/c1-3-4-7-14(2)11(15)9-13-12(16)10-6-5-8-17-10/h5-6,8H,3-4,7,9H2,1-2H3,(H,13,16). The Labute approximate surface area is 106 Å². The lowest BCUT2D eigenvalue weighted by atomic mass is 10.3. The quantitative estimate of drug-likeness (QED) is 0.840. The van der Waals surface area contributed by atoms with Gasteiger partial charge in [-0.15, -0.1) is 11.3 Å². The van der Waals surface area contributed by atoms with Gasteiger partial charge in [-0.2, -0.15) is 0 Å². The first kappa shape index (κ1) is 13.7. The number of likely N-dealkylation sites (N-methyl/N-ethyl adjacent to an activating group) is 1. The topological polar surface area (TPSA) is 49.4 Å². The molecule has 4 nitrogen and oxygen atoms in total. The van der Waals surface area contributed by atoms with Gasteiger partial charge in [0.2, 0.25) is 5.91 Å². The van der Waals surface area contributed by atoms with Gasteiger partial charge in [0, 0.05) is 13.6 Å². The van der Waals surface area contributed by atoms with E-state index in [0.717, 1.165) is 19.4 Å². The first-order valence-corrected chi connectivity index (χ1v) is 6.58. The number of rotatable bonds is 6. The van der Waals surface area contributed by atoms with Crippen molar-refractivity contribution in [1.29, 1.82) is 0 Å². The van der Waals surface area contributed by atoms with Gasteiger partial charge in [-0.25, -0.2) is 0 Å². The molecule has 17 heavy (non-hydrogen) atoms. The highest BCUT2D eigenvalue weighted by molar-refractivity contribution is 7.12. The molecule has 0 radical (unpaired) electrons. The Hall–Kier alpha value is -1.36. The zero-order chi connectivity index (χ0) is 12.7. The van der Waals surface area contributed by atoms with Gasteiger partial charge in [-0.3, -0.25) is 9.59 Å². The van der Waals surface area contributed by atoms with E-state index >= 15 is 0 Å². The van der Waals surface area contributed by atoms with E-state index in [1.165, 1.54) is 11.3 Å². The maximum absolute atomic E-state index is 11.6. The lowest BCUT2D eigenvalue weighted by molar-refractivity contribution is -0.128. The number of carbonyl (C=O) groups is 2. The molecule has 0 saturated carbocycles. The Morgan fingerprint density at radius 3 is 2.82 bits per heavy atom. The second-order valence-corrected chi connectivity index (χ2v) is 4.78. The molecule has 0 aliphatic carbocycles. The molecule has 1 aromatic heterocycles. The molecule has 94 valence electrons. The van der Waals surface area contributed by atoms with E-state index < -0.39 is 0 Å². The third-order valence-electron chi connectivity index (χ3n) is 2.42. The summed E-state index contributed by atoms with van der Waals surface area (Å²) in [6.45, 7) is 2.89. The second kappa shape index (κ2) is 7.06. The monoisotopic (exact) mass is 254 g/mol. The smallest absolute Gasteiger partial charge is 0.261 e. The number of nitrogens with one attached hydrogen (secondary N) is 1. The Bertz CT molecular complexity index is 363. The molecule has 0 saturated heterocycles. The summed E-state index contributed by atoms with van der Waals surface area (Å²) in [5, 5.41) is 4.46. The van der Waals surface area contributed by atoms with Gasteiger partial charge in [0.15, 0.2) is 0 Å². The summed E-state index contributed by atoms with van der Waals surface area (Å²) in [5.74, 6) is -0.236. The van der Waals surface area contributed by atoms with E-state index in [4.69, 9.17) is 0 Å². The molecule has 0 spiro atoms. The van der Waals surface area contributed by atoms with Crippen LogP contribution in [0.25, 0.3) is 0 Å². The fourth-order valence-electron chi connectivity index (χ4n) is 1.31. The molecule has 1 heterocycles. The molecule has 1 aromatic rings. The predicted octanol–water partition coefficient (Wildman–Crippen LogP) is 1.74. The van der Waals surface area contributed by atoms with Gasteiger partial charge in [0.05, 0.1) is 11.4 Å². The summed E-state index contributed by atoms with van der Waals surface area (Å²) >= 11 is 1.37. The second-order valence-electron chi connectivity index (χ2n) is 3.83. The third kappa shape index (κ3) is 4.56. The normalized spacial score (nSPS) is 10.0. The van der Waals surface area contributed by atoms with Crippen LogP contribution >= 0.6 is 11.3 Å². The Morgan fingerprint density at radius 1 is 1.47 bits per heavy atom. The van der Waals surface area contributed by atoms with E-state index in [1.54, 1.807) is 18.0 Å². The van der Waals surface area contributed by atoms with Crippen molar-refractivity contribution in [2.45, 2.75) is 19.8 Å². The highest BCUT2D eigenvalue weighted by Crippen LogP contribution is 2.07. The number of nitrogens with zero attached hydrogens (tertiary/aromatic N) is 1. The van der Waals surface area contributed by atoms with Crippen LogP contribution in [-0.4, -0.2) is 36.9 Å². The van der Waals surface area contributed by atoms with E-state index in [1.807, 2.05) is 11.4 Å². The number of hydrogen-bond donors (Lipinski definition) is 1. The van der Waals surface area contributed by atoms with Crippen LogP contribution in [0.2, 0.25) is 0 Å². The fraction of sp³-hybridized carbons (Fsp3) is 0.500. The van der Waals surface area contributed by atoms with Crippen molar-refractivity contribution in [3.8, 4) is 0 Å². The Kier molecular flexibility index (Phi) is 5.69. The van der Waals surface area contributed by atoms with E-state index in [-0.39, 0.29) is 18.4 Å². The van der Waals surface area contributed by atoms with Gasteiger partial charge < -0.3 is 10.2 Å². The SMILES string of the molecule is CCCCN(C)C(=O)CNC(=O)c1cccs1. The van der Waals surface area contributed by atoms with Crippen molar-refractivity contribution < 1.29 is 9.59 Å². The number of carbonyl (C=O) groups excluding carboxylic acids is 2. The van der Waals surface area contributed by atoms with Gasteiger partial charge in [-0.05, 0) is 17.9 Å². The zero-order valence-corrected chi connectivity index (χ0v) is 11.0. The molecule has 2 amide bonds. The van der Waals surface area contributed by atoms with Crippen molar-refractivity contribution in [3.05, 3.63) is 22.4 Å². The molecule has 5 heteroatoms. The molecular formula is C12H18N2O2S. The number of hydrogen-bond acceptors (Lipinski definition) is 3. The molecule has 0 atom stereocenters. The predicted molar refractivity (Wildman–Crippen MR) is 69.2 cm³/mol. The van der Waals surface area contributed by atoms with E-state index in [9.17, 15) is 9.59 Å². The average molecular weight is 254 g/mol. The number of amides is 2. The van der Waals surface area contributed by atoms with Crippen LogP contribution in [0, 0.1) is 0 Å². The van der Waals surface area contributed by atoms with Crippen LogP contribution in [0.3, 0.4) is 0 Å². The minimum atomic E-state index is -0.183. The van der Waals surface area contributed by atoms with Crippen molar-refractivity contribution in [1.82, 2.24) is 10.2 Å². The lowest BCUT2D eigenvalue weighted by Gasteiger charge is -2.16. The maximum Gasteiger partial charge on any atom is 0.261 e. The summed E-state index contributed by atoms with van der Waals surface area (Å²) < 4.78 is 0. The number of unbranched alkanes of at least 4 members (excludes halogenated alkanes) is 1. The van der Waals surface area contributed by atoms with Crippen LogP contribution < -0.4 is 5.32 Å². The van der Waals surface area contributed by atoms with Gasteiger partial charge >= 0.3 is 0 Å². The number of thiophene rings is 1. The molecule has 1 rings (SSSR count). The van der Waals surface area contributed by atoms with E-state index in [2.05, 4.69) is 12.2 Å². The Morgan fingerprint density at radius 2 is 2.24 bits per heavy atom. The van der Waals surface area contributed by atoms with Crippen molar-refractivity contribution in [3.63, 3.8) is 0 Å². The molecule has 0 unspecified atom stereocenters. The summed E-state index contributed by atoms with van der Waals surface area (Å²) in [6, 6.07) is 3.56. The summed E-state index contributed by atoms with van der Waals surface area (Å²) in [5.41, 5.74) is 0. The van der Waals surface area contributed by atoms with Crippen LogP contribution in [0.15, 0.2) is 17.5 Å². The first-order valence-electron chi connectivity index (χ1n) is 5.70. The Balaban J connectivity index is 2.30. The molecule has 1 N–H and O–H groups in total. The van der Waals surface area contributed by atoms with Crippen molar-refractivity contribution >= 4 is 23.2 Å². The maximum atomic E-state index is 11.6. The van der Waals surface area contributed by atoms with Crippen LogP contribution in [0.4, 0.5) is 0 Å². The summed E-state index contributed by atoms with van der Waals surface area (Å²) in [4.78, 5) is 25.5. The first-order chi connectivity index (χ1) is 8.15. The van der Waals surface area contributed by atoms with Gasteiger partial charge in [0.25, 0.3) is 5.91 Å². The summed E-state index contributed by atoms with van der Waals surface area (Å²) in [7, 11) is 1.76. The molecule has 0 bridgehead atoms. The molecule has 0 aromatic carbocycles. The van der Waals surface area contributed by atoms with Crippen LogP contribution in [0.5, 0.6) is 0 Å².